The summed E-state index contributed by atoms with van der Waals surface area (Å²) in [5.74, 6) is 0. The van der Waals surface area contributed by atoms with Gasteiger partial charge in [0, 0.05) is 54.0 Å². The van der Waals surface area contributed by atoms with Crippen LogP contribution in [-0.4, -0.2) is 81.2 Å². The first-order valence-corrected chi connectivity index (χ1v) is 18.9. The molecule has 0 saturated carbocycles. The highest BCUT2D eigenvalue weighted by Gasteiger charge is 2.72. The number of hydrogen-bond donors (Lipinski definition) is 0. The highest BCUT2D eigenvalue weighted by atomic mass is 32.2. The van der Waals surface area contributed by atoms with E-state index in [0.717, 1.165) is 36.0 Å². The number of benzene rings is 2. The van der Waals surface area contributed by atoms with Crippen molar-refractivity contribution in [3.8, 4) is 0 Å². The fourth-order valence-electron chi connectivity index (χ4n) is 4.66. The minimum atomic E-state index is -4.81. The lowest BCUT2D eigenvalue weighted by Crippen LogP contribution is -2.73. The predicted molar refractivity (Wildman–Crippen MR) is 199 cm³/mol. The van der Waals surface area contributed by atoms with Gasteiger partial charge in [0.1, 0.15) is 0 Å². The van der Waals surface area contributed by atoms with E-state index in [1.54, 1.807) is 90.1 Å². The Morgan fingerprint density at radius 1 is 0.542 bits per heavy atom. The van der Waals surface area contributed by atoms with E-state index >= 15 is 16.8 Å². The number of rotatable bonds is 11. The molecule has 0 fully saturated rings. The maximum absolute atomic E-state index is 15.3. The molecule has 0 saturated heterocycles. The molecule has 0 spiro atoms. The van der Waals surface area contributed by atoms with Crippen molar-refractivity contribution in [2.45, 2.75) is 126 Å². The van der Waals surface area contributed by atoms with Crippen LogP contribution in [0, 0.1) is 10.4 Å². The number of sulfone groups is 2. The van der Waals surface area contributed by atoms with Crippen LogP contribution in [0.2, 0.25) is 0 Å². The lowest BCUT2D eigenvalue weighted by atomic mass is 9.92. The summed E-state index contributed by atoms with van der Waals surface area (Å²) in [5.41, 5.74) is -0.995. The Bertz CT molecular complexity index is 1610. The van der Waals surface area contributed by atoms with E-state index in [9.17, 15) is 10.4 Å². The number of hydrogen-bond acceptors (Lipinski definition) is 8. The minimum Gasteiger partial charge on any atom is -0.624 e. The first-order valence-electron chi connectivity index (χ1n) is 15.9. The van der Waals surface area contributed by atoms with Crippen molar-refractivity contribution in [2.24, 2.45) is 9.98 Å². The molecule has 2 rings (SSSR count). The molecule has 0 unspecified atom stereocenters. The average molecular weight is 703 g/mol. The van der Waals surface area contributed by atoms with Crippen molar-refractivity contribution >= 4 is 44.5 Å². The summed E-state index contributed by atoms with van der Waals surface area (Å²) in [6.45, 7) is 18.0. The van der Waals surface area contributed by atoms with Crippen molar-refractivity contribution in [2.75, 3.05) is 0 Å². The van der Waals surface area contributed by atoms with Gasteiger partial charge in [0.25, 0.3) is 0 Å². The molecule has 12 heteroatoms. The van der Waals surface area contributed by atoms with Crippen LogP contribution < -0.4 is 0 Å². The Labute approximate surface area is 288 Å². The molecule has 2 atom stereocenters. The Hall–Kier alpha value is -3.38. The van der Waals surface area contributed by atoms with Gasteiger partial charge < -0.3 is 10.4 Å². The molecule has 2 aromatic carbocycles. The van der Waals surface area contributed by atoms with Crippen LogP contribution in [-0.2, 0) is 32.8 Å². The van der Waals surface area contributed by atoms with Crippen LogP contribution in [0.3, 0.4) is 0 Å². The highest BCUT2D eigenvalue weighted by Crippen LogP contribution is 2.43. The molecule has 0 heterocycles. The van der Waals surface area contributed by atoms with E-state index in [2.05, 4.69) is 9.98 Å². The number of hydroxylamine groups is 2. The first-order chi connectivity index (χ1) is 21.7. The maximum atomic E-state index is 15.3. The summed E-state index contributed by atoms with van der Waals surface area (Å²) >= 11 is 0. The molecule has 0 amide bonds. The summed E-state index contributed by atoms with van der Waals surface area (Å²) in [7, 11) is -9.62. The molecule has 10 nitrogen and oxygen atoms in total. The minimum absolute atomic E-state index is 0.0301. The number of nitrogens with zero attached hydrogens (tertiary/aromatic N) is 4. The third-order valence-electron chi connectivity index (χ3n) is 7.85. The zero-order chi connectivity index (χ0) is 37.0. The first kappa shape index (κ1) is 40.8. The third kappa shape index (κ3) is 8.42. The molecule has 48 heavy (non-hydrogen) atoms. The van der Waals surface area contributed by atoms with E-state index in [4.69, 9.17) is 0 Å². The summed E-state index contributed by atoms with van der Waals surface area (Å²) in [4.78, 5) is 9.12. The van der Waals surface area contributed by atoms with Crippen molar-refractivity contribution < 1.29 is 26.3 Å². The van der Waals surface area contributed by atoms with E-state index < -0.39 is 49.7 Å². The quantitative estimate of drug-likeness (QED) is 0.118. The van der Waals surface area contributed by atoms with Crippen LogP contribution in [0.1, 0.15) is 94.2 Å². The molecular weight excluding hydrogens is 649 g/mol. The number of aliphatic imine (C=N–C) groups is 2. The van der Waals surface area contributed by atoms with E-state index in [0.29, 0.717) is 9.48 Å². The van der Waals surface area contributed by atoms with E-state index in [-0.39, 0.29) is 13.1 Å². The van der Waals surface area contributed by atoms with Gasteiger partial charge in [0.05, 0.1) is 22.6 Å². The van der Waals surface area contributed by atoms with Crippen molar-refractivity contribution in [1.29, 1.82) is 0 Å². The predicted octanol–water partition coefficient (Wildman–Crippen LogP) is 6.19. The zero-order valence-electron chi connectivity index (χ0n) is 30.6. The van der Waals surface area contributed by atoms with Crippen LogP contribution in [0.25, 0.3) is 0 Å². The van der Waals surface area contributed by atoms with Crippen LogP contribution in [0.15, 0.2) is 70.6 Å². The lowest BCUT2D eigenvalue weighted by Gasteiger charge is -2.44. The molecule has 0 N–H and O–H groups in total. The normalized spacial score (nSPS) is 17.4. The van der Waals surface area contributed by atoms with Crippen LogP contribution >= 0.6 is 0 Å². The van der Waals surface area contributed by atoms with Gasteiger partial charge >= 0.3 is 0 Å². The van der Waals surface area contributed by atoms with Gasteiger partial charge in [0.15, 0.2) is 43.2 Å². The molecule has 0 radical (unpaired) electrons. The SMILES string of the molecule is CC(C)(C)/[N+]([O-])=C/[C@](C=NCc1ccccc1)([C@@](C=NCc1ccccc1)(/C=[N+](\[O-])C(C)(C)C)S(=O)(=O)C(C)(C)C)S(=O)(=O)C(C)(C)C. The topological polar surface area (TPSA) is 145 Å². The van der Waals surface area contributed by atoms with Gasteiger partial charge in [-0.15, -0.1) is 0 Å². The maximum Gasteiger partial charge on any atom is 0.218 e. The standard InChI is InChI=1S/C36H54N4O6S2/c1-31(2,3)39(41)27-35(47(43,44)33(7,8)9,25-37-23-29-19-15-13-16-20-29)36(28-40(42)32(4,5)6,48(45,46)34(10,11)12)26-38-24-30-21-17-14-18-22-30/h13-22,25-28H,23-24H2,1-12H3/b37-25?,38-26?,39-27-,40-28-/t35-,36-/m1/s1. The smallest absolute Gasteiger partial charge is 0.218 e. The molecule has 0 aliphatic carbocycles. The van der Waals surface area contributed by atoms with Crippen LogP contribution in [0.5, 0.6) is 0 Å². The second kappa shape index (κ2) is 14.2. The van der Waals surface area contributed by atoms with Crippen molar-refractivity contribution in [3.63, 3.8) is 0 Å². The molecule has 266 valence electrons. The van der Waals surface area contributed by atoms with Gasteiger partial charge in [-0.25, -0.2) is 26.3 Å². The fourth-order valence-corrected chi connectivity index (χ4v) is 9.29. The molecule has 0 aliphatic heterocycles. The average Bonchev–Trinajstić information content (AvgIpc) is 2.94. The van der Waals surface area contributed by atoms with Gasteiger partial charge in [-0.05, 0) is 52.7 Å². The molecule has 0 bridgehead atoms. The van der Waals surface area contributed by atoms with Crippen molar-refractivity contribution in [1.82, 2.24) is 0 Å². The van der Waals surface area contributed by atoms with Gasteiger partial charge in [-0.1, -0.05) is 60.7 Å². The molecular formula is C36H54N4O6S2. The Balaban J connectivity index is 3.47. The summed E-state index contributed by atoms with van der Waals surface area (Å²) < 4.78 is 53.2. The summed E-state index contributed by atoms with van der Waals surface area (Å²) in [6.07, 6.45) is 3.80. The molecule has 0 aliphatic rings. The van der Waals surface area contributed by atoms with E-state index in [1.807, 2.05) is 12.1 Å². The second-order valence-corrected chi connectivity index (χ2v) is 21.8. The Kier molecular flexibility index (Phi) is 12.1. The summed E-state index contributed by atoms with van der Waals surface area (Å²) in [6, 6.07) is 18.0. The van der Waals surface area contributed by atoms with Gasteiger partial charge in [-0.3, -0.25) is 9.98 Å². The summed E-state index contributed by atoms with van der Waals surface area (Å²) in [5, 5.41) is 28.2. The largest absolute Gasteiger partial charge is 0.624 e. The highest BCUT2D eigenvalue weighted by molar-refractivity contribution is 8.00. The second-order valence-electron chi connectivity index (χ2n) is 16.0. The lowest BCUT2D eigenvalue weighted by molar-refractivity contribution is -0.534. The third-order valence-corrected chi connectivity index (χ3v) is 14.1. The molecule has 0 aromatic heterocycles. The Morgan fingerprint density at radius 3 is 1.04 bits per heavy atom. The monoisotopic (exact) mass is 702 g/mol. The van der Waals surface area contributed by atoms with Crippen LogP contribution in [0.4, 0.5) is 0 Å². The zero-order valence-corrected chi connectivity index (χ0v) is 32.2. The van der Waals surface area contributed by atoms with Gasteiger partial charge in [0.2, 0.25) is 9.49 Å². The van der Waals surface area contributed by atoms with Gasteiger partial charge in [-0.2, -0.15) is 0 Å². The van der Waals surface area contributed by atoms with E-state index in [1.165, 1.54) is 41.5 Å². The van der Waals surface area contributed by atoms with Crippen molar-refractivity contribution in [3.05, 3.63) is 82.2 Å². The molecule has 2 aromatic rings. The Morgan fingerprint density at radius 2 is 0.812 bits per heavy atom. The fraction of sp³-hybridized carbons (Fsp3) is 0.556.